The number of carbonyl (C=O) groups excluding carboxylic acids is 3. The molecule has 2 rings (SSSR count). The maximum atomic E-state index is 12.5. The maximum Gasteiger partial charge on any atom is 0.410 e. The smallest absolute Gasteiger partial charge is 0.410 e. The third-order valence-electron chi connectivity index (χ3n) is 7.03. The molecule has 256 valence electrons. The van der Waals surface area contributed by atoms with Gasteiger partial charge in [0.1, 0.15) is 22.6 Å². The lowest BCUT2D eigenvalue weighted by molar-refractivity contribution is -0.159. The van der Waals surface area contributed by atoms with Gasteiger partial charge in [-0.15, -0.1) is 0 Å². The molecule has 1 aliphatic heterocycles. The molecule has 10 nitrogen and oxygen atoms in total. The van der Waals surface area contributed by atoms with Crippen LogP contribution in [0.15, 0.2) is 18.2 Å². The van der Waals surface area contributed by atoms with Crippen molar-refractivity contribution in [2.24, 2.45) is 0 Å². The number of hydrogen-bond donors (Lipinski definition) is 0. The van der Waals surface area contributed by atoms with Crippen LogP contribution in [0.4, 0.5) is 10.5 Å². The van der Waals surface area contributed by atoms with Crippen molar-refractivity contribution in [2.75, 3.05) is 57.8 Å². The van der Waals surface area contributed by atoms with Crippen LogP contribution in [0.3, 0.4) is 0 Å². The number of carbonyl (C=O) groups is 3. The van der Waals surface area contributed by atoms with Crippen LogP contribution in [-0.4, -0.2) is 97.6 Å². The SMILES string of the molecule is COc1ccc(CCCCCCCN(CC(=O)OC(C)(C)C)CC(=O)OC(C)(C)C)c(N2CCN(C(=O)OC(C)(C)C)CC2)c1. The molecule has 45 heavy (non-hydrogen) atoms. The largest absolute Gasteiger partial charge is 0.497 e. The Kier molecular flexibility index (Phi) is 14.5. The molecule has 0 aliphatic carbocycles. The van der Waals surface area contributed by atoms with Crippen molar-refractivity contribution in [3.63, 3.8) is 0 Å². The van der Waals surface area contributed by atoms with Gasteiger partial charge in [-0.1, -0.05) is 25.3 Å². The molecule has 1 aromatic carbocycles. The van der Waals surface area contributed by atoms with Gasteiger partial charge in [0.15, 0.2) is 0 Å². The molecule has 0 N–H and O–H groups in total. The molecular formula is C35H59N3O7. The minimum atomic E-state index is -0.577. The van der Waals surface area contributed by atoms with Crippen LogP contribution in [0.1, 0.15) is 100.0 Å². The first-order chi connectivity index (χ1) is 20.8. The summed E-state index contributed by atoms with van der Waals surface area (Å²) in [6, 6.07) is 6.27. The summed E-state index contributed by atoms with van der Waals surface area (Å²) in [6.07, 6.45) is 5.77. The summed E-state index contributed by atoms with van der Waals surface area (Å²) >= 11 is 0. The molecule has 1 fully saturated rings. The van der Waals surface area contributed by atoms with E-state index in [9.17, 15) is 14.4 Å². The summed E-state index contributed by atoms with van der Waals surface area (Å²) in [5.74, 6) is 0.144. The second-order valence-electron chi connectivity index (χ2n) is 14.9. The lowest BCUT2D eigenvalue weighted by Gasteiger charge is -2.37. The van der Waals surface area contributed by atoms with Crippen LogP contribution in [-0.2, 0) is 30.2 Å². The Labute approximate surface area is 271 Å². The Morgan fingerprint density at radius 2 is 1.22 bits per heavy atom. The second-order valence-corrected chi connectivity index (χ2v) is 14.9. The number of piperazine rings is 1. The number of hydrogen-bond acceptors (Lipinski definition) is 9. The third kappa shape index (κ3) is 15.7. The summed E-state index contributed by atoms with van der Waals surface area (Å²) in [5.41, 5.74) is 0.786. The first kappa shape index (κ1) is 38.2. The van der Waals surface area contributed by atoms with Crippen LogP contribution in [0.25, 0.3) is 0 Å². The van der Waals surface area contributed by atoms with Gasteiger partial charge in [0.2, 0.25) is 0 Å². The predicted molar refractivity (Wildman–Crippen MR) is 178 cm³/mol. The maximum absolute atomic E-state index is 12.5. The van der Waals surface area contributed by atoms with E-state index >= 15 is 0 Å². The minimum Gasteiger partial charge on any atom is -0.497 e. The number of aryl methyl sites for hydroxylation is 1. The highest BCUT2D eigenvalue weighted by atomic mass is 16.6. The summed E-state index contributed by atoms with van der Waals surface area (Å²) in [5, 5.41) is 0. The van der Waals surface area contributed by atoms with Gasteiger partial charge in [-0.05, 0) is 99.8 Å². The lowest BCUT2D eigenvalue weighted by Crippen LogP contribution is -2.50. The molecule has 1 amide bonds. The van der Waals surface area contributed by atoms with Gasteiger partial charge in [0, 0.05) is 37.9 Å². The van der Waals surface area contributed by atoms with Crippen molar-refractivity contribution in [1.29, 1.82) is 0 Å². The van der Waals surface area contributed by atoms with E-state index in [2.05, 4.69) is 17.0 Å². The summed E-state index contributed by atoms with van der Waals surface area (Å²) in [4.78, 5) is 43.4. The molecule has 1 heterocycles. The Morgan fingerprint density at radius 3 is 1.73 bits per heavy atom. The fraction of sp³-hybridized carbons (Fsp3) is 0.743. The van der Waals surface area contributed by atoms with Crippen molar-refractivity contribution in [1.82, 2.24) is 9.80 Å². The van der Waals surface area contributed by atoms with Crippen LogP contribution >= 0.6 is 0 Å². The van der Waals surface area contributed by atoms with Crippen LogP contribution in [0, 0.1) is 0 Å². The molecule has 10 heteroatoms. The first-order valence-electron chi connectivity index (χ1n) is 16.4. The quantitative estimate of drug-likeness (QED) is 0.134. The van der Waals surface area contributed by atoms with Crippen LogP contribution < -0.4 is 9.64 Å². The standard InChI is InChI=1S/C35H59N3O7/c1-33(2,3)43-30(39)25-36(26-31(40)44-34(4,5)6)19-15-13-11-12-14-16-27-17-18-28(42-10)24-29(27)37-20-22-38(23-21-37)32(41)45-35(7,8)9/h17-18,24H,11-16,19-23,25-26H2,1-10H3. The number of esters is 2. The predicted octanol–water partition coefficient (Wildman–Crippen LogP) is 6.23. The molecule has 1 aromatic rings. The van der Waals surface area contributed by atoms with E-state index in [1.165, 1.54) is 5.56 Å². The van der Waals surface area contributed by atoms with E-state index in [4.69, 9.17) is 18.9 Å². The van der Waals surface area contributed by atoms with Crippen molar-refractivity contribution >= 4 is 23.7 Å². The van der Waals surface area contributed by atoms with E-state index in [1.807, 2.05) is 73.3 Å². The number of nitrogens with zero attached hydrogens (tertiary/aromatic N) is 3. The lowest BCUT2D eigenvalue weighted by atomic mass is 10.0. The Balaban J connectivity index is 1.86. The molecule has 0 bridgehead atoms. The molecule has 0 saturated carbocycles. The highest BCUT2D eigenvalue weighted by Crippen LogP contribution is 2.29. The monoisotopic (exact) mass is 633 g/mol. The van der Waals surface area contributed by atoms with E-state index in [1.54, 1.807) is 12.0 Å². The van der Waals surface area contributed by atoms with E-state index in [0.29, 0.717) is 19.6 Å². The highest BCUT2D eigenvalue weighted by molar-refractivity contribution is 5.75. The average Bonchev–Trinajstić information content (AvgIpc) is 2.89. The Morgan fingerprint density at radius 1 is 0.711 bits per heavy atom. The molecule has 1 saturated heterocycles. The van der Waals surface area contributed by atoms with Gasteiger partial charge in [0.05, 0.1) is 20.2 Å². The number of ether oxygens (including phenoxy) is 4. The molecular weight excluding hydrogens is 574 g/mol. The molecule has 1 aliphatic rings. The number of methoxy groups -OCH3 is 1. The number of amides is 1. The second kappa shape index (κ2) is 17.1. The van der Waals surface area contributed by atoms with Gasteiger partial charge in [-0.2, -0.15) is 0 Å². The molecule has 0 atom stereocenters. The van der Waals surface area contributed by atoms with Gasteiger partial charge in [0.25, 0.3) is 0 Å². The van der Waals surface area contributed by atoms with Crippen molar-refractivity contribution < 1.29 is 33.3 Å². The fourth-order valence-corrected chi connectivity index (χ4v) is 5.14. The van der Waals surface area contributed by atoms with Gasteiger partial charge in [-0.3, -0.25) is 14.5 Å². The Bertz CT molecular complexity index is 1060. The van der Waals surface area contributed by atoms with Crippen molar-refractivity contribution in [2.45, 2.75) is 118 Å². The van der Waals surface area contributed by atoms with Crippen molar-refractivity contribution in [3.8, 4) is 5.75 Å². The summed E-state index contributed by atoms with van der Waals surface area (Å²) in [7, 11) is 1.68. The highest BCUT2D eigenvalue weighted by Gasteiger charge is 2.27. The number of rotatable bonds is 14. The normalized spacial score (nSPS) is 14.4. The summed E-state index contributed by atoms with van der Waals surface area (Å²) < 4.78 is 22.1. The van der Waals surface area contributed by atoms with Crippen molar-refractivity contribution in [3.05, 3.63) is 23.8 Å². The molecule has 0 spiro atoms. The van der Waals surface area contributed by atoms with E-state index < -0.39 is 16.8 Å². The van der Waals surface area contributed by atoms with E-state index in [0.717, 1.165) is 63.1 Å². The Hall–Kier alpha value is -3.01. The first-order valence-corrected chi connectivity index (χ1v) is 16.4. The zero-order chi connectivity index (χ0) is 33.8. The van der Waals surface area contributed by atoms with Crippen LogP contribution in [0.2, 0.25) is 0 Å². The number of benzene rings is 1. The van der Waals surface area contributed by atoms with Gasteiger partial charge in [-0.25, -0.2) is 4.79 Å². The number of anilines is 1. The van der Waals surface area contributed by atoms with Gasteiger partial charge >= 0.3 is 18.0 Å². The fourth-order valence-electron chi connectivity index (χ4n) is 5.14. The van der Waals surface area contributed by atoms with E-state index in [-0.39, 0.29) is 31.1 Å². The third-order valence-corrected chi connectivity index (χ3v) is 7.03. The average molecular weight is 634 g/mol. The minimum absolute atomic E-state index is 0.0583. The molecule has 0 unspecified atom stereocenters. The summed E-state index contributed by atoms with van der Waals surface area (Å²) in [6.45, 7) is 20.1. The van der Waals surface area contributed by atoms with Crippen LogP contribution in [0.5, 0.6) is 5.75 Å². The van der Waals surface area contributed by atoms with Gasteiger partial charge < -0.3 is 28.7 Å². The molecule has 0 radical (unpaired) electrons. The molecule has 0 aromatic heterocycles. The topological polar surface area (TPSA) is 97.8 Å². The number of unbranched alkanes of at least 4 members (excludes halogenated alkanes) is 4. The zero-order valence-corrected chi connectivity index (χ0v) is 29.6. The zero-order valence-electron chi connectivity index (χ0n) is 29.6.